The van der Waals surface area contributed by atoms with Gasteiger partial charge in [0.15, 0.2) is 0 Å². The molecule has 1 heterocycles. The number of carboxylic acids is 1. The Morgan fingerprint density at radius 3 is 2.72 bits per heavy atom. The molecule has 1 aromatic heterocycles. The molecule has 100 valence electrons. The van der Waals surface area contributed by atoms with Gasteiger partial charge in [-0.15, -0.1) is 11.3 Å². The zero-order valence-electron chi connectivity index (χ0n) is 11.0. The summed E-state index contributed by atoms with van der Waals surface area (Å²) in [5.74, 6) is 0.421. The first-order valence-corrected chi connectivity index (χ1v) is 7.45. The van der Waals surface area contributed by atoms with E-state index in [4.69, 9.17) is 5.11 Å². The van der Waals surface area contributed by atoms with Crippen molar-refractivity contribution in [2.45, 2.75) is 32.7 Å². The Morgan fingerprint density at radius 2 is 2.28 bits per heavy atom. The van der Waals surface area contributed by atoms with Crippen LogP contribution in [-0.4, -0.2) is 29.1 Å². The summed E-state index contributed by atoms with van der Waals surface area (Å²) in [5, 5.41) is 11.2. The SMILES string of the molecule is CC(C)C(c1cccs1)N(CC(=O)O)CC1CC1. The lowest BCUT2D eigenvalue weighted by Crippen LogP contribution is -2.37. The Bertz CT molecular complexity index is 385. The van der Waals surface area contributed by atoms with Crippen LogP contribution in [0.3, 0.4) is 0 Å². The third-order valence-electron chi connectivity index (χ3n) is 3.39. The summed E-state index contributed by atoms with van der Waals surface area (Å²) in [5.41, 5.74) is 0. The van der Waals surface area contributed by atoms with Crippen molar-refractivity contribution < 1.29 is 9.90 Å². The molecule has 1 atom stereocenters. The Labute approximate surface area is 112 Å². The zero-order valence-corrected chi connectivity index (χ0v) is 11.8. The van der Waals surface area contributed by atoms with Crippen molar-refractivity contribution in [1.29, 1.82) is 0 Å². The second-order valence-corrected chi connectivity index (χ2v) is 6.45. The smallest absolute Gasteiger partial charge is 0.317 e. The van der Waals surface area contributed by atoms with Gasteiger partial charge in [-0.3, -0.25) is 9.69 Å². The van der Waals surface area contributed by atoms with Gasteiger partial charge in [-0.25, -0.2) is 0 Å². The second-order valence-electron chi connectivity index (χ2n) is 5.47. The molecule has 0 aliphatic heterocycles. The van der Waals surface area contributed by atoms with E-state index in [1.807, 2.05) is 6.07 Å². The van der Waals surface area contributed by atoms with E-state index in [1.54, 1.807) is 11.3 Å². The number of hydrogen-bond donors (Lipinski definition) is 1. The number of carboxylic acid groups (broad SMARTS) is 1. The highest BCUT2D eigenvalue weighted by atomic mass is 32.1. The van der Waals surface area contributed by atoms with Crippen LogP contribution in [0.25, 0.3) is 0 Å². The molecule has 0 saturated heterocycles. The van der Waals surface area contributed by atoms with Crippen molar-refractivity contribution in [2.24, 2.45) is 11.8 Å². The molecule has 1 aliphatic rings. The molecule has 1 saturated carbocycles. The molecule has 1 aliphatic carbocycles. The van der Waals surface area contributed by atoms with Crippen molar-refractivity contribution in [3.8, 4) is 0 Å². The molecule has 0 aromatic carbocycles. The average Bonchev–Trinajstić information content (AvgIpc) is 2.91. The van der Waals surface area contributed by atoms with Crippen LogP contribution in [0.2, 0.25) is 0 Å². The number of carbonyl (C=O) groups is 1. The van der Waals surface area contributed by atoms with E-state index >= 15 is 0 Å². The van der Waals surface area contributed by atoms with Gasteiger partial charge in [-0.1, -0.05) is 19.9 Å². The third kappa shape index (κ3) is 3.56. The molecule has 3 nitrogen and oxygen atoms in total. The lowest BCUT2D eigenvalue weighted by atomic mass is 10.00. The normalized spacial score (nSPS) is 17.3. The topological polar surface area (TPSA) is 40.5 Å². The number of nitrogens with zero attached hydrogens (tertiary/aromatic N) is 1. The molecule has 0 bridgehead atoms. The van der Waals surface area contributed by atoms with Gasteiger partial charge in [0.05, 0.1) is 6.54 Å². The molecule has 1 aromatic rings. The molecule has 0 radical (unpaired) electrons. The summed E-state index contributed by atoms with van der Waals surface area (Å²) < 4.78 is 0. The number of hydrogen-bond acceptors (Lipinski definition) is 3. The van der Waals surface area contributed by atoms with Crippen LogP contribution in [0.15, 0.2) is 17.5 Å². The molecule has 1 unspecified atom stereocenters. The van der Waals surface area contributed by atoms with E-state index in [0.29, 0.717) is 11.8 Å². The van der Waals surface area contributed by atoms with Crippen LogP contribution in [0, 0.1) is 11.8 Å². The standard InChI is InChI=1S/C14H21NO2S/c1-10(2)14(12-4-3-7-18-12)15(9-13(16)17)8-11-5-6-11/h3-4,7,10-11,14H,5-6,8-9H2,1-2H3,(H,16,17). The molecule has 1 N–H and O–H groups in total. The van der Waals surface area contributed by atoms with E-state index < -0.39 is 5.97 Å². The van der Waals surface area contributed by atoms with Crippen molar-refractivity contribution in [3.63, 3.8) is 0 Å². The van der Waals surface area contributed by atoms with Crippen molar-refractivity contribution in [3.05, 3.63) is 22.4 Å². The molecular formula is C14H21NO2S. The lowest BCUT2D eigenvalue weighted by Gasteiger charge is -2.32. The van der Waals surface area contributed by atoms with Crippen LogP contribution in [-0.2, 0) is 4.79 Å². The fraction of sp³-hybridized carbons (Fsp3) is 0.643. The molecule has 4 heteroatoms. The van der Waals surface area contributed by atoms with Crippen LogP contribution < -0.4 is 0 Å². The summed E-state index contributed by atoms with van der Waals surface area (Å²) in [6.07, 6.45) is 2.51. The Balaban J connectivity index is 2.15. The van der Waals surface area contributed by atoms with Gasteiger partial charge in [0.2, 0.25) is 0 Å². The minimum Gasteiger partial charge on any atom is -0.480 e. The maximum Gasteiger partial charge on any atom is 0.317 e. The minimum atomic E-state index is -0.724. The van der Waals surface area contributed by atoms with E-state index in [0.717, 1.165) is 6.54 Å². The number of rotatable bonds is 7. The van der Waals surface area contributed by atoms with Crippen LogP contribution in [0.5, 0.6) is 0 Å². The summed E-state index contributed by atoms with van der Waals surface area (Å²) in [6.45, 7) is 5.42. The summed E-state index contributed by atoms with van der Waals surface area (Å²) in [7, 11) is 0. The number of aliphatic carboxylic acids is 1. The highest BCUT2D eigenvalue weighted by Crippen LogP contribution is 2.36. The van der Waals surface area contributed by atoms with Gasteiger partial charge in [-0.05, 0) is 36.1 Å². The van der Waals surface area contributed by atoms with Crippen molar-refractivity contribution in [2.75, 3.05) is 13.1 Å². The van der Waals surface area contributed by atoms with Crippen molar-refractivity contribution in [1.82, 2.24) is 4.90 Å². The summed E-state index contributed by atoms with van der Waals surface area (Å²) in [6, 6.07) is 4.41. The first-order chi connectivity index (χ1) is 8.58. The van der Waals surface area contributed by atoms with Gasteiger partial charge in [-0.2, -0.15) is 0 Å². The monoisotopic (exact) mass is 267 g/mol. The Kier molecular flexibility index (Phi) is 4.40. The molecule has 2 rings (SSSR count). The Hall–Kier alpha value is -0.870. The highest BCUT2D eigenvalue weighted by molar-refractivity contribution is 7.10. The maximum atomic E-state index is 11.1. The van der Waals surface area contributed by atoms with E-state index in [1.165, 1.54) is 17.7 Å². The zero-order chi connectivity index (χ0) is 13.1. The van der Waals surface area contributed by atoms with Gasteiger partial charge in [0, 0.05) is 17.5 Å². The van der Waals surface area contributed by atoms with Crippen LogP contribution in [0.1, 0.15) is 37.6 Å². The third-order valence-corrected chi connectivity index (χ3v) is 4.33. The molecule has 0 amide bonds. The molecule has 1 fully saturated rings. The largest absolute Gasteiger partial charge is 0.480 e. The molecule has 18 heavy (non-hydrogen) atoms. The van der Waals surface area contributed by atoms with Gasteiger partial charge < -0.3 is 5.11 Å². The first kappa shape index (κ1) is 13.6. The van der Waals surface area contributed by atoms with E-state index in [9.17, 15) is 4.79 Å². The summed E-state index contributed by atoms with van der Waals surface area (Å²) >= 11 is 1.73. The maximum absolute atomic E-state index is 11.1. The van der Waals surface area contributed by atoms with E-state index in [2.05, 4.69) is 30.2 Å². The predicted molar refractivity (Wildman–Crippen MR) is 73.8 cm³/mol. The average molecular weight is 267 g/mol. The van der Waals surface area contributed by atoms with E-state index in [-0.39, 0.29) is 12.6 Å². The second kappa shape index (κ2) is 5.85. The van der Waals surface area contributed by atoms with Crippen LogP contribution in [0.4, 0.5) is 0 Å². The quantitative estimate of drug-likeness (QED) is 0.824. The molecule has 0 spiro atoms. The van der Waals surface area contributed by atoms with Gasteiger partial charge in [0.25, 0.3) is 0 Å². The van der Waals surface area contributed by atoms with Crippen molar-refractivity contribution >= 4 is 17.3 Å². The van der Waals surface area contributed by atoms with Gasteiger partial charge in [0.1, 0.15) is 0 Å². The summed E-state index contributed by atoms with van der Waals surface area (Å²) in [4.78, 5) is 14.5. The Morgan fingerprint density at radius 1 is 1.56 bits per heavy atom. The first-order valence-electron chi connectivity index (χ1n) is 6.57. The lowest BCUT2D eigenvalue weighted by molar-refractivity contribution is -0.139. The predicted octanol–water partition coefficient (Wildman–Crippen LogP) is 3.24. The van der Waals surface area contributed by atoms with Gasteiger partial charge >= 0.3 is 5.97 Å². The fourth-order valence-corrected chi connectivity index (χ4v) is 3.50. The minimum absolute atomic E-state index is 0.150. The molecular weight excluding hydrogens is 246 g/mol. The fourth-order valence-electron chi connectivity index (χ4n) is 2.47. The highest BCUT2D eigenvalue weighted by Gasteiger charge is 2.31. The van der Waals surface area contributed by atoms with Crippen LogP contribution >= 0.6 is 11.3 Å². The number of thiophene rings is 1.